The van der Waals surface area contributed by atoms with Crippen molar-refractivity contribution in [3.05, 3.63) is 35.6 Å². The maximum atomic E-state index is 14.3. The number of likely N-dealkylation sites (tertiary alicyclic amines) is 1. The van der Waals surface area contributed by atoms with Gasteiger partial charge < -0.3 is 4.74 Å². The summed E-state index contributed by atoms with van der Waals surface area (Å²) < 4.78 is 19.1. The third-order valence-electron chi connectivity index (χ3n) is 5.04. The number of imide groups is 1. The Balaban J connectivity index is 2.13. The number of nitrogens with zero attached hydrogens (tertiary/aromatic N) is 1. The monoisotopic (exact) mass is 334 g/mol. The van der Waals surface area contributed by atoms with Crippen LogP contribution in [-0.4, -0.2) is 41.9 Å². The molecule has 0 saturated carbocycles. The van der Waals surface area contributed by atoms with Crippen LogP contribution in [0, 0.1) is 17.7 Å². The molecule has 2 heterocycles. The quantitative estimate of drug-likeness (QED) is 0.660. The predicted molar refractivity (Wildman–Crippen MR) is 82.1 cm³/mol. The van der Waals surface area contributed by atoms with E-state index in [1.807, 2.05) is 0 Å². The molecule has 0 bridgehead atoms. The number of amides is 2. The van der Waals surface area contributed by atoms with Crippen LogP contribution in [0.4, 0.5) is 4.39 Å². The van der Waals surface area contributed by atoms with E-state index in [4.69, 9.17) is 4.74 Å². The van der Waals surface area contributed by atoms with E-state index in [1.54, 1.807) is 25.1 Å². The summed E-state index contributed by atoms with van der Waals surface area (Å²) in [4.78, 5) is 38.9. The molecule has 0 aromatic heterocycles. The molecule has 1 N–H and O–H groups in total. The van der Waals surface area contributed by atoms with Crippen LogP contribution in [0.1, 0.15) is 25.5 Å². The maximum absolute atomic E-state index is 14.3. The second kappa shape index (κ2) is 5.66. The van der Waals surface area contributed by atoms with E-state index in [9.17, 15) is 18.8 Å². The lowest BCUT2D eigenvalue weighted by Crippen LogP contribution is -2.54. The molecule has 2 amide bonds. The molecule has 0 spiro atoms. The Morgan fingerprint density at radius 2 is 2.00 bits per heavy atom. The summed E-state index contributed by atoms with van der Waals surface area (Å²) in [6, 6.07) is 5.28. The highest BCUT2D eigenvalue weighted by Gasteiger charge is 2.66. The van der Waals surface area contributed by atoms with Gasteiger partial charge in [0.1, 0.15) is 11.4 Å². The van der Waals surface area contributed by atoms with Gasteiger partial charge in [0.15, 0.2) is 0 Å². The summed E-state index contributed by atoms with van der Waals surface area (Å²) in [7, 11) is 1.22. The predicted octanol–water partition coefficient (Wildman–Crippen LogP) is 1.02. The fourth-order valence-electron chi connectivity index (χ4n) is 3.90. The Bertz CT molecular complexity index is 722. The lowest BCUT2D eigenvalue weighted by Gasteiger charge is -2.28. The van der Waals surface area contributed by atoms with Gasteiger partial charge >= 0.3 is 5.97 Å². The summed E-state index contributed by atoms with van der Waals surface area (Å²) in [6.45, 7) is 3.44. The average Bonchev–Trinajstić information content (AvgIpc) is 3.02. The highest BCUT2D eigenvalue weighted by Crippen LogP contribution is 2.49. The van der Waals surface area contributed by atoms with Crippen LogP contribution in [-0.2, 0) is 19.1 Å². The van der Waals surface area contributed by atoms with Crippen molar-refractivity contribution in [1.82, 2.24) is 10.2 Å². The van der Waals surface area contributed by atoms with Crippen molar-refractivity contribution < 1.29 is 23.5 Å². The van der Waals surface area contributed by atoms with E-state index >= 15 is 0 Å². The first-order valence-corrected chi connectivity index (χ1v) is 7.82. The summed E-state index contributed by atoms with van der Waals surface area (Å²) in [6.07, 6.45) is 0. The molecule has 1 aromatic carbocycles. The van der Waals surface area contributed by atoms with Gasteiger partial charge in [-0.25, -0.2) is 4.39 Å². The van der Waals surface area contributed by atoms with Gasteiger partial charge in [0, 0.05) is 18.2 Å². The SMILES string of the molecule is CCN1C(=O)[C@@H]2[C@@H](C1=O)[C@](C)(C(=O)OC)N[C@H]2c1ccccc1F. The fourth-order valence-corrected chi connectivity index (χ4v) is 3.90. The third kappa shape index (κ3) is 2.07. The van der Waals surface area contributed by atoms with E-state index < -0.39 is 41.1 Å². The summed E-state index contributed by atoms with van der Waals surface area (Å²) in [5.74, 6) is -3.69. The molecule has 3 rings (SSSR count). The minimum atomic E-state index is -1.39. The summed E-state index contributed by atoms with van der Waals surface area (Å²) in [5.41, 5.74) is -1.12. The van der Waals surface area contributed by atoms with Crippen LogP contribution in [0.5, 0.6) is 0 Å². The van der Waals surface area contributed by atoms with Gasteiger partial charge in [-0.2, -0.15) is 0 Å². The lowest BCUT2D eigenvalue weighted by molar-refractivity contribution is -0.153. The van der Waals surface area contributed by atoms with Crippen molar-refractivity contribution in [2.24, 2.45) is 11.8 Å². The minimum absolute atomic E-state index is 0.214. The Labute approximate surface area is 139 Å². The van der Waals surface area contributed by atoms with E-state index in [2.05, 4.69) is 5.32 Å². The lowest BCUT2D eigenvalue weighted by atomic mass is 9.80. The molecule has 0 aliphatic carbocycles. The normalized spacial score (nSPS) is 32.2. The first-order valence-electron chi connectivity index (χ1n) is 7.82. The van der Waals surface area contributed by atoms with Crippen LogP contribution in [0.2, 0.25) is 0 Å². The molecule has 2 fully saturated rings. The van der Waals surface area contributed by atoms with Crippen LogP contribution in [0.3, 0.4) is 0 Å². The largest absolute Gasteiger partial charge is 0.468 e. The number of rotatable bonds is 3. The summed E-state index contributed by atoms with van der Waals surface area (Å²) >= 11 is 0. The Morgan fingerprint density at radius 1 is 1.33 bits per heavy atom. The molecule has 128 valence electrons. The van der Waals surface area contributed by atoms with Gasteiger partial charge in [-0.05, 0) is 19.9 Å². The summed E-state index contributed by atoms with van der Waals surface area (Å²) in [5, 5.41) is 3.00. The van der Waals surface area contributed by atoms with Crippen LogP contribution < -0.4 is 5.32 Å². The first-order chi connectivity index (χ1) is 11.4. The zero-order valence-corrected chi connectivity index (χ0v) is 13.7. The van der Waals surface area contributed by atoms with Crippen molar-refractivity contribution in [2.45, 2.75) is 25.4 Å². The second-order valence-electron chi connectivity index (χ2n) is 6.26. The number of carbonyl (C=O) groups excluding carboxylic acids is 3. The highest BCUT2D eigenvalue weighted by molar-refractivity contribution is 6.09. The van der Waals surface area contributed by atoms with E-state index in [0.29, 0.717) is 0 Å². The molecule has 0 unspecified atom stereocenters. The van der Waals surface area contributed by atoms with E-state index in [1.165, 1.54) is 20.1 Å². The number of benzene rings is 1. The van der Waals surface area contributed by atoms with Crippen molar-refractivity contribution in [3.8, 4) is 0 Å². The zero-order valence-electron chi connectivity index (χ0n) is 13.7. The Kier molecular flexibility index (Phi) is 3.91. The zero-order chi connectivity index (χ0) is 17.6. The first kappa shape index (κ1) is 16.6. The minimum Gasteiger partial charge on any atom is -0.468 e. The number of fused-ring (bicyclic) bond motifs is 1. The molecule has 2 aliphatic heterocycles. The van der Waals surface area contributed by atoms with Gasteiger partial charge in [0.25, 0.3) is 0 Å². The van der Waals surface area contributed by atoms with Gasteiger partial charge in [-0.15, -0.1) is 0 Å². The number of hydrogen-bond donors (Lipinski definition) is 1. The number of nitrogens with one attached hydrogen (secondary N) is 1. The fraction of sp³-hybridized carbons (Fsp3) is 0.471. The van der Waals surface area contributed by atoms with Crippen LogP contribution >= 0.6 is 0 Å². The smallest absolute Gasteiger partial charge is 0.326 e. The van der Waals surface area contributed by atoms with Crippen LogP contribution in [0.25, 0.3) is 0 Å². The van der Waals surface area contributed by atoms with Crippen molar-refractivity contribution >= 4 is 17.8 Å². The van der Waals surface area contributed by atoms with Gasteiger partial charge in [-0.3, -0.25) is 24.6 Å². The number of esters is 1. The topological polar surface area (TPSA) is 75.7 Å². The molecule has 2 saturated heterocycles. The third-order valence-corrected chi connectivity index (χ3v) is 5.04. The Hall–Kier alpha value is -2.28. The molecule has 2 aliphatic rings. The molecule has 0 radical (unpaired) electrons. The second-order valence-corrected chi connectivity index (χ2v) is 6.26. The number of hydrogen-bond acceptors (Lipinski definition) is 5. The number of carbonyl (C=O) groups is 3. The van der Waals surface area contributed by atoms with Crippen molar-refractivity contribution in [1.29, 1.82) is 0 Å². The highest BCUT2D eigenvalue weighted by atomic mass is 19.1. The molecule has 1 aromatic rings. The van der Waals surface area contributed by atoms with Crippen LogP contribution in [0.15, 0.2) is 24.3 Å². The van der Waals surface area contributed by atoms with Gasteiger partial charge in [0.2, 0.25) is 11.8 Å². The molecular formula is C17H19FN2O4. The van der Waals surface area contributed by atoms with Crippen molar-refractivity contribution in [2.75, 3.05) is 13.7 Å². The average molecular weight is 334 g/mol. The molecule has 4 atom stereocenters. The number of ether oxygens (including phenoxy) is 1. The van der Waals surface area contributed by atoms with Gasteiger partial charge in [-0.1, -0.05) is 18.2 Å². The molecule has 7 heteroatoms. The number of methoxy groups -OCH3 is 1. The van der Waals surface area contributed by atoms with Crippen molar-refractivity contribution in [3.63, 3.8) is 0 Å². The molecule has 24 heavy (non-hydrogen) atoms. The maximum Gasteiger partial charge on any atom is 0.326 e. The van der Waals surface area contributed by atoms with E-state index in [0.717, 1.165) is 4.90 Å². The molecular weight excluding hydrogens is 315 g/mol. The standard InChI is InChI=1S/C17H19FN2O4/c1-4-20-14(21)11-12(15(20)22)17(2,16(23)24-3)19-13(11)9-7-5-6-8-10(9)18/h5-8,11-13,19H,4H2,1-3H3/t11-,12+,13+,17-/m1/s1. The van der Waals surface area contributed by atoms with E-state index in [-0.39, 0.29) is 18.0 Å². The molecule has 6 nitrogen and oxygen atoms in total. The number of halogens is 1. The Morgan fingerprint density at radius 3 is 2.58 bits per heavy atom. The van der Waals surface area contributed by atoms with Gasteiger partial charge in [0.05, 0.1) is 18.9 Å².